The van der Waals surface area contributed by atoms with Crippen molar-refractivity contribution in [3.05, 3.63) is 53.8 Å². The zero-order valence-electron chi connectivity index (χ0n) is 17.8. The molecule has 0 atom stereocenters. The van der Waals surface area contributed by atoms with Gasteiger partial charge in [-0.3, -0.25) is 4.79 Å². The molecule has 1 heterocycles. The monoisotopic (exact) mass is 393 g/mol. The van der Waals surface area contributed by atoms with Gasteiger partial charge in [0, 0.05) is 42.2 Å². The fraction of sp³-hybridized carbons (Fsp3) is 0.292. The second kappa shape index (κ2) is 8.43. The molecule has 0 saturated heterocycles. The van der Waals surface area contributed by atoms with Gasteiger partial charge >= 0.3 is 0 Å². The highest BCUT2D eigenvalue weighted by Crippen LogP contribution is 2.41. The summed E-state index contributed by atoms with van der Waals surface area (Å²) in [5.41, 5.74) is 5.40. The van der Waals surface area contributed by atoms with Crippen LogP contribution in [0, 0.1) is 6.92 Å². The molecular weight excluding hydrogens is 366 g/mol. The van der Waals surface area contributed by atoms with Gasteiger partial charge < -0.3 is 18.8 Å². The number of hydrogen-bond acceptors (Lipinski definition) is 4. The van der Waals surface area contributed by atoms with Crippen LogP contribution in [0.4, 0.5) is 0 Å². The number of aryl methyl sites for hydroxylation is 1. The van der Waals surface area contributed by atoms with Crippen molar-refractivity contribution < 1.29 is 18.7 Å². The predicted octanol–water partition coefficient (Wildman–Crippen LogP) is 5.31. The summed E-state index contributed by atoms with van der Waals surface area (Å²) in [6, 6.07) is 9.91. The molecule has 152 valence electrons. The normalized spacial score (nSPS) is 11.6. The van der Waals surface area contributed by atoms with E-state index in [9.17, 15) is 4.79 Å². The van der Waals surface area contributed by atoms with Gasteiger partial charge in [-0.25, -0.2) is 0 Å². The van der Waals surface area contributed by atoms with E-state index in [1.807, 2.05) is 51.1 Å². The highest BCUT2D eigenvalue weighted by molar-refractivity contribution is 6.01. The molecule has 29 heavy (non-hydrogen) atoms. The first-order valence-corrected chi connectivity index (χ1v) is 9.59. The van der Waals surface area contributed by atoms with Crippen molar-refractivity contribution in [2.24, 2.45) is 0 Å². The Kier molecular flexibility index (Phi) is 5.97. The maximum atomic E-state index is 12.2. The fourth-order valence-electron chi connectivity index (χ4n) is 3.35. The molecule has 5 heteroatoms. The van der Waals surface area contributed by atoms with Crippen molar-refractivity contribution in [2.45, 2.75) is 20.8 Å². The summed E-state index contributed by atoms with van der Waals surface area (Å²) in [7, 11) is 5.13. The van der Waals surface area contributed by atoms with Crippen molar-refractivity contribution in [3.8, 4) is 22.6 Å². The number of benzene rings is 2. The van der Waals surface area contributed by atoms with Crippen LogP contribution in [0.5, 0.6) is 11.5 Å². The van der Waals surface area contributed by atoms with Gasteiger partial charge in [-0.05, 0) is 50.1 Å². The van der Waals surface area contributed by atoms with Crippen LogP contribution in [-0.4, -0.2) is 38.6 Å². The molecule has 0 aliphatic carbocycles. The van der Waals surface area contributed by atoms with Gasteiger partial charge in [0.2, 0.25) is 5.91 Å². The topological polar surface area (TPSA) is 51.9 Å². The number of hydrogen-bond donors (Lipinski definition) is 0. The molecule has 2 aromatic carbocycles. The van der Waals surface area contributed by atoms with E-state index in [0.29, 0.717) is 6.61 Å². The Bertz CT molecular complexity index is 1080. The van der Waals surface area contributed by atoms with Crippen molar-refractivity contribution in [2.75, 3.05) is 27.8 Å². The van der Waals surface area contributed by atoms with Crippen LogP contribution in [0.15, 0.2) is 47.1 Å². The summed E-state index contributed by atoms with van der Waals surface area (Å²) in [4.78, 5) is 13.8. The Morgan fingerprint density at radius 3 is 2.66 bits per heavy atom. The van der Waals surface area contributed by atoms with Gasteiger partial charge in [-0.1, -0.05) is 12.1 Å². The van der Waals surface area contributed by atoms with Crippen molar-refractivity contribution in [3.63, 3.8) is 0 Å². The lowest BCUT2D eigenvalue weighted by molar-refractivity contribution is -0.123. The number of rotatable bonds is 6. The molecular formula is C24H27NO4. The van der Waals surface area contributed by atoms with Gasteiger partial charge in [-0.2, -0.15) is 0 Å². The maximum Gasteiger partial charge on any atom is 0.246 e. The molecule has 0 radical (unpaired) electrons. The van der Waals surface area contributed by atoms with Crippen LogP contribution in [0.2, 0.25) is 0 Å². The summed E-state index contributed by atoms with van der Waals surface area (Å²) in [5, 5.41) is 0.972. The van der Waals surface area contributed by atoms with Gasteiger partial charge in [0.25, 0.3) is 0 Å². The van der Waals surface area contributed by atoms with Crippen LogP contribution in [0.3, 0.4) is 0 Å². The lowest BCUT2D eigenvalue weighted by atomic mass is 9.96. The minimum absolute atomic E-state index is 0.0667. The first-order chi connectivity index (χ1) is 13.9. The van der Waals surface area contributed by atoms with E-state index < -0.39 is 0 Å². The minimum atomic E-state index is -0.0667. The highest BCUT2D eigenvalue weighted by Gasteiger charge is 2.19. The first-order valence-electron chi connectivity index (χ1n) is 9.59. The second-order valence-corrected chi connectivity index (χ2v) is 7.13. The summed E-state index contributed by atoms with van der Waals surface area (Å²) < 4.78 is 17.2. The Morgan fingerprint density at radius 1 is 1.24 bits per heavy atom. The van der Waals surface area contributed by atoms with Crippen LogP contribution >= 0.6 is 0 Å². The average molecular weight is 393 g/mol. The smallest absolute Gasteiger partial charge is 0.246 e. The molecule has 5 nitrogen and oxygen atoms in total. The first kappa shape index (κ1) is 20.5. The minimum Gasteiger partial charge on any atom is -0.497 e. The molecule has 3 rings (SSSR count). The molecule has 0 aliphatic heterocycles. The standard InChI is InChI=1S/C24H27NO4/c1-7-28-23-16(3)24-20(13-19(23)15(2)11-22(26)25(4)5)21(14-29-24)17-9-8-10-18(12-17)27-6/h8-14H,7H2,1-6H3/b15-11+. The molecule has 0 aliphatic rings. The molecule has 0 spiro atoms. The number of likely N-dealkylation sites (N-methyl/N-ethyl adjacent to an activating group) is 1. The third-order valence-electron chi connectivity index (χ3n) is 4.92. The van der Waals surface area contributed by atoms with E-state index >= 15 is 0 Å². The molecule has 0 bridgehead atoms. The summed E-state index contributed by atoms with van der Waals surface area (Å²) in [6.45, 7) is 6.38. The third kappa shape index (κ3) is 3.99. The Balaban J connectivity index is 2.24. The van der Waals surface area contributed by atoms with E-state index in [1.165, 1.54) is 0 Å². The lowest BCUT2D eigenvalue weighted by Crippen LogP contribution is -2.19. The number of methoxy groups -OCH3 is 1. The number of nitrogens with zero attached hydrogens (tertiary/aromatic N) is 1. The Labute approximate surface area is 171 Å². The number of allylic oxidation sites excluding steroid dienone is 1. The molecule has 0 N–H and O–H groups in total. The zero-order chi connectivity index (χ0) is 21.1. The van der Waals surface area contributed by atoms with E-state index in [0.717, 1.165) is 50.3 Å². The molecule has 0 unspecified atom stereocenters. The molecule has 1 amide bonds. The van der Waals surface area contributed by atoms with Crippen LogP contribution in [0.25, 0.3) is 27.7 Å². The summed E-state index contributed by atoms with van der Waals surface area (Å²) in [5.74, 6) is 1.46. The van der Waals surface area contributed by atoms with E-state index in [1.54, 1.807) is 38.4 Å². The number of fused-ring (bicyclic) bond motifs is 1. The number of carbonyl (C=O) groups excluding carboxylic acids is 1. The van der Waals surface area contributed by atoms with E-state index in [-0.39, 0.29) is 5.91 Å². The second-order valence-electron chi connectivity index (χ2n) is 7.13. The van der Waals surface area contributed by atoms with Gasteiger partial charge in [-0.15, -0.1) is 0 Å². The lowest BCUT2D eigenvalue weighted by Gasteiger charge is -2.15. The molecule has 0 fully saturated rings. The average Bonchev–Trinajstić information content (AvgIpc) is 3.14. The van der Waals surface area contributed by atoms with Crippen molar-refractivity contribution in [1.82, 2.24) is 4.90 Å². The van der Waals surface area contributed by atoms with Gasteiger partial charge in [0.05, 0.1) is 20.0 Å². The van der Waals surface area contributed by atoms with Crippen LogP contribution < -0.4 is 9.47 Å². The number of ether oxygens (including phenoxy) is 2. The summed E-state index contributed by atoms with van der Waals surface area (Å²) >= 11 is 0. The zero-order valence-corrected chi connectivity index (χ0v) is 17.8. The van der Waals surface area contributed by atoms with Crippen LogP contribution in [0.1, 0.15) is 25.0 Å². The third-order valence-corrected chi connectivity index (χ3v) is 4.92. The number of carbonyl (C=O) groups is 1. The fourth-order valence-corrected chi connectivity index (χ4v) is 3.35. The van der Waals surface area contributed by atoms with Crippen molar-refractivity contribution >= 4 is 22.4 Å². The van der Waals surface area contributed by atoms with Gasteiger partial charge in [0.1, 0.15) is 17.1 Å². The molecule has 3 aromatic rings. The Morgan fingerprint density at radius 2 is 2.00 bits per heavy atom. The summed E-state index contributed by atoms with van der Waals surface area (Å²) in [6.07, 6.45) is 3.39. The molecule has 1 aromatic heterocycles. The van der Waals surface area contributed by atoms with E-state index in [2.05, 4.69) is 0 Å². The largest absolute Gasteiger partial charge is 0.497 e. The molecule has 0 saturated carbocycles. The number of amides is 1. The van der Waals surface area contributed by atoms with E-state index in [4.69, 9.17) is 13.9 Å². The predicted molar refractivity (Wildman–Crippen MR) is 116 cm³/mol. The highest BCUT2D eigenvalue weighted by atomic mass is 16.5. The van der Waals surface area contributed by atoms with Crippen molar-refractivity contribution in [1.29, 1.82) is 0 Å². The number of furan rings is 1. The maximum absolute atomic E-state index is 12.2. The van der Waals surface area contributed by atoms with Gasteiger partial charge in [0.15, 0.2) is 0 Å². The van der Waals surface area contributed by atoms with Crippen LogP contribution in [-0.2, 0) is 4.79 Å². The SMILES string of the molecule is CCOc1c(/C(C)=C/C(=O)N(C)C)cc2c(-c3cccc(OC)c3)coc2c1C. The quantitative estimate of drug-likeness (QED) is 0.533. The Hall–Kier alpha value is -3.21.